The van der Waals surface area contributed by atoms with E-state index in [2.05, 4.69) is 18.7 Å². The van der Waals surface area contributed by atoms with E-state index in [4.69, 9.17) is 5.73 Å². The molecule has 72 valence electrons. The van der Waals surface area contributed by atoms with Crippen molar-refractivity contribution in [3.8, 4) is 0 Å². The van der Waals surface area contributed by atoms with E-state index in [-0.39, 0.29) is 0 Å². The number of hydrogen-bond donors (Lipinski definition) is 1. The first kappa shape index (κ1) is 10.0. The maximum Gasteiger partial charge on any atom is 0.00217 e. The Hall–Kier alpha value is -0.0800. The first-order chi connectivity index (χ1) is 5.76. The Kier molecular flexibility index (Phi) is 4.02. The van der Waals surface area contributed by atoms with Crippen molar-refractivity contribution >= 4 is 0 Å². The lowest BCUT2D eigenvalue weighted by molar-refractivity contribution is 0.269. The van der Waals surface area contributed by atoms with Gasteiger partial charge in [-0.3, -0.25) is 0 Å². The number of hydrogen-bond acceptors (Lipinski definition) is 2. The van der Waals surface area contributed by atoms with Gasteiger partial charge in [-0.25, -0.2) is 0 Å². The van der Waals surface area contributed by atoms with Crippen molar-refractivity contribution in [3.63, 3.8) is 0 Å². The second kappa shape index (κ2) is 4.83. The Bertz CT molecular complexity index is 121. The van der Waals surface area contributed by atoms with Crippen LogP contribution in [0.15, 0.2) is 0 Å². The average molecular weight is 170 g/mol. The number of nitrogens with two attached hydrogens (primary N) is 1. The van der Waals surface area contributed by atoms with Crippen LogP contribution in [-0.2, 0) is 0 Å². The predicted octanol–water partition coefficient (Wildman–Crippen LogP) is 1.31. The first-order valence-corrected chi connectivity index (χ1v) is 5.18. The highest BCUT2D eigenvalue weighted by molar-refractivity contribution is 4.74. The molecule has 12 heavy (non-hydrogen) atoms. The zero-order chi connectivity index (χ0) is 8.97. The van der Waals surface area contributed by atoms with Gasteiger partial charge in [0, 0.05) is 13.1 Å². The van der Waals surface area contributed by atoms with E-state index in [0.29, 0.717) is 0 Å². The SMILES string of the molecule is CCC(CN)CN1CCC(C)C1. The Balaban J connectivity index is 2.21. The third kappa shape index (κ3) is 2.76. The van der Waals surface area contributed by atoms with Gasteiger partial charge >= 0.3 is 0 Å². The molecule has 2 unspecified atom stereocenters. The minimum absolute atomic E-state index is 0.718. The Morgan fingerprint density at radius 1 is 1.58 bits per heavy atom. The van der Waals surface area contributed by atoms with Crippen LogP contribution in [-0.4, -0.2) is 31.1 Å². The monoisotopic (exact) mass is 170 g/mol. The topological polar surface area (TPSA) is 29.3 Å². The highest BCUT2D eigenvalue weighted by atomic mass is 15.1. The van der Waals surface area contributed by atoms with E-state index in [0.717, 1.165) is 18.4 Å². The minimum Gasteiger partial charge on any atom is -0.330 e. The summed E-state index contributed by atoms with van der Waals surface area (Å²) in [6.07, 6.45) is 2.60. The summed E-state index contributed by atoms with van der Waals surface area (Å²) in [6.45, 7) is 9.22. The molecule has 1 heterocycles. The second-order valence-corrected chi connectivity index (χ2v) is 4.16. The standard InChI is InChI=1S/C10H22N2/c1-3-10(6-11)8-12-5-4-9(2)7-12/h9-10H,3-8,11H2,1-2H3. The zero-order valence-corrected chi connectivity index (χ0v) is 8.42. The molecule has 0 amide bonds. The molecule has 2 nitrogen and oxygen atoms in total. The van der Waals surface area contributed by atoms with Crippen LogP contribution in [0.3, 0.4) is 0 Å². The number of nitrogens with zero attached hydrogens (tertiary/aromatic N) is 1. The summed E-state index contributed by atoms with van der Waals surface area (Å²) in [6, 6.07) is 0. The van der Waals surface area contributed by atoms with Crippen molar-refractivity contribution in [2.45, 2.75) is 26.7 Å². The van der Waals surface area contributed by atoms with E-state index in [9.17, 15) is 0 Å². The summed E-state index contributed by atoms with van der Waals surface area (Å²) < 4.78 is 0. The average Bonchev–Trinajstić information content (AvgIpc) is 2.47. The maximum atomic E-state index is 5.67. The molecule has 0 radical (unpaired) electrons. The van der Waals surface area contributed by atoms with Crippen LogP contribution in [0.1, 0.15) is 26.7 Å². The Morgan fingerprint density at radius 3 is 2.75 bits per heavy atom. The Labute approximate surface area is 76.1 Å². The summed E-state index contributed by atoms with van der Waals surface area (Å²) >= 11 is 0. The number of likely N-dealkylation sites (tertiary alicyclic amines) is 1. The molecule has 1 aliphatic rings. The normalized spacial score (nSPS) is 27.8. The van der Waals surface area contributed by atoms with Crippen LogP contribution < -0.4 is 5.73 Å². The highest BCUT2D eigenvalue weighted by Crippen LogP contribution is 2.16. The van der Waals surface area contributed by atoms with Crippen LogP contribution in [0.5, 0.6) is 0 Å². The third-order valence-electron chi connectivity index (χ3n) is 2.94. The van der Waals surface area contributed by atoms with Gasteiger partial charge in [0.15, 0.2) is 0 Å². The van der Waals surface area contributed by atoms with E-state index < -0.39 is 0 Å². The molecule has 1 saturated heterocycles. The van der Waals surface area contributed by atoms with Gasteiger partial charge in [-0.2, -0.15) is 0 Å². The molecule has 0 aromatic carbocycles. The summed E-state index contributed by atoms with van der Waals surface area (Å²) in [7, 11) is 0. The van der Waals surface area contributed by atoms with Crippen molar-refractivity contribution in [2.75, 3.05) is 26.2 Å². The van der Waals surface area contributed by atoms with E-state index in [1.54, 1.807) is 0 Å². The molecule has 0 saturated carbocycles. The lowest BCUT2D eigenvalue weighted by atomic mass is 10.1. The fraction of sp³-hybridized carbons (Fsp3) is 1.00. The molecule has 2 heteroatoms. The molecule has 1 aliphatic heterocycles. The van der Waals surface area contributed by atoms with Gasteiger partial charge in [-0.05, 0) is 31.3 Å². The van der Waals surface area contributed by atoms with Crippen molar-refractivity contribution in [2.24, 2.45) is 17.6 Å². The molecule has 2 N–H and O–H groups in total. The van der Waals surface area contributed by atoms with Gasteiger partial charge in [0.05, 0.1) is 0 Å². The molecular formula is C10H22N2. The van der Waals surface area contributed by atoms with Crippen LogP contribution in [0.4, 0.5) is 0 Å². The van der Waals surface area contributed by atoms with Crippen molar-refractivity contribution in [3.05, 3.63) is 0 Å². The molecule has 0 aromatic heterocycles. The molecular weight excluding hydrogens is 148 g/mol. The van der Waals surface area contributed by atoms with E-state index in [1.807, 2.05) is 0 Å². The fourth-order valence-electron chi connectivity index (χ4n) is 1.93. The largest absolute Gasteiger partial charge is 0.330 e. The molecule has 1 fully saturated rings. The quantitative estimate of drug-likeness (QED) is 0.689. The smallest absolute Gasteiger partial charge is 0.00217 e. The van der Waals surface area contributed by atoms with Crippen molar-refractivity contribution < 1.29 is 0 Å². The predicted molar refractivity (Wildman–Crippen MR) is 53.1 cm³/mol. The fourth-order valence-corrected chi connectivity index (χ4v) is 1.93. The lowest BCUT2D eigenvalue weighted by Gasteiger charge is -2.21. The summed E-state index contributed by atoms with van der Waals surface area (Å²) in [5.74, 6) is 1.62. The first-order valence-electron chi connectivity index (χ1n) is 5.18. The zero-order valence-electron chi connectivity index (χ0n) is 8.42. The second-order valence-electron chi connectivity index (χ2n) is 4.16. The van der Waals surface area contributed by atoms with Crippen molar-refractivity contribution in [1.29, 1.82) is 0 Å². The van der Waals surface area contributed by atoms with Gasteiger partial charge in [-0.1, -0.05) is 20.3 Å². The van der Waals surface area contributed by atoms with Gasteiger partial charge < -0.3 is 10.6 Å². The molecule has 1 rings (SSSR count). The highest BCUT2D eigenvalue weighted by Gasteiger charge is 2.20. The Morgan fingerprint density at radius 2 is 2.33 bits per heavy atom. The third-order valence-corrected chi connectivity index (χ3v) is 2.94. The molecule has 2 atom stereocenters. The van der Waals surface area contributed by atoms with Crippen LogP contribution in [0.2, 0.25) is 0 Å². The molecule has 0 aromatic rings. The van der Waals surface area contributed by atoms with Gasteiger partial charge in [0.1, 0.15) is 0 Å². The molecule has 0 bridgehead atoms. The maximum absolute atomic E-state index is 5.67. The van der Waals surface area contributed by atoms with Gasteiger partial charge in [-0.15, -0.1) is 0 Å². The van der Waals surface area contributed by atoms with E-state index in [1.165, 1.54) is 32.5 Å². The van der Waals surface area contributed by atoms with Gasteiger partial charge in [0.25, 0.3) is 0 Å². The summed E-state index contributed by atoms with van der Waals surface area (Å²) in [4.78, 5) is 2.56. The van der Waals surface area contributed by atoms with Gasteiger partial charge in [0.2, 0.25) is 0 Å². The van der Waals surface area contributed by atoms with E-state index >= 15 is 0 Å². The molecule has 0 aliphatic carbocycles. The lowest BCUT2D eigenvalue weighted by Crippen LogP contribution is -2.30. The number of rotatable bonds is 4. The summed E-state index contributed by atoms with van der Waals surface area (Å²) in [5, 5.41) is 0. The van der Waals surface area contributed by atoms with Crippen molar-refractivity contribution in [1.82, 2.24) is 4.90 Å². The van der Waals surface area contributed by atoms with Crippen LogP contribution in [0.25, 0.3) is 0 Å². The minimum atomic E-state index is 0.718. The van der Waals surface area contributed by atoms with Crippen LogP contribution in [0, 0.1) is 11.8 Å². The van der Waals surface area contributed by atoms with Crippen LogP contribution >= 0.6 is 0 Å². The molecule has 0 spiro atoms. The summed E-state index contributed by atoms with van der Waals surface area (Å²) in [5.41, 5.74) is 5.67.